The zero-order chi connectivity index (χ0) is 21.1. The number of benzene rings is 1. The number of aromatic nitrogens is 1. The molecule has 0 aliphatic heterocycles. The van der Waals surface area contributed by atoms with Gasteiger partial charge in [-0.1, -0.05) is 6.07 Å². The van der Waals surface area contributed by atoms with Crippen LogP contribution in [0.15, 0.2) is 18.2 Å². The first-order chi connectivity index (χ1) is 13.0. The number of alkyl halides is 3. The molecule has 152 valence electrons. The van der Waals surface area contributed by atoms with Crippen LogP contribution in [-0.4, -0.2) is 36.3 Å². The molecule has 0 unspecified atom stereocenters. The van der Waals surface area contributed by atoms with Crippen LogP contribution in [0.1, 0.15) is 44.6 Å². The van der Waals surface area contributed by atoms with Gasteiger partial charge in [-0.25, -0.2) is 4.79 Å². The molecule has 0 bridgehead atoms. The van der Waals surface area contributed by atoms with E-state index in [1.807, 2.05) is 0 Å². The third kappa shape index (κ3) is 5.05. The Morgan fingerprint density at radius 2 is 1.86 bits per heavy atom. The highest BCUT2D eigenvalue weighted by Crippen LogP contribution is 2.29. The third-order valence-electron chi connectivity index (χ3n) is 3.92. The summed E-state index contributed by atoms with van der Waals surface area (Å²) < 4.78 is 47.2. The number of H-pyrrole nitrogens is 1. The number of aromatic amines is 1. The Hall–Kier alpha value is -2.97. The van der Waals surface area contributed by atoms with Gasteiger partial charge in [-0.05, 0) is 51.0 Å². The van der Waals surface area contributed by atoms with Gasteiger partial charge in [-0.2, -0.15) is 13.2 Å². The van der Waals surface area contributed by atoms with Crippen molar-refractivity contribution in [2.24, 2.45) is 0 Å². The van der Waals surface area contributed by atoms with Crippen molar-refractivity contribution in [2.45, 2.75) is 33.9 Å². The molecule has 2 N–H and O–H groups in total. The topological polar surface area (TPSA) is 80.4 Å². The third-order valence-corrected chi connectivity index (χ3v) is 3.92. The summed E-state index contributed by atoms with van der Waals surface area (Å²) in [4.78, 5) is 27.5. The van der Waals surface area contributed by atoms with Crippen LogP contribution >= 0.6 is 0 Å². The molecule has 9 heteroatoms. The van der Waals surface area contributed by atoms with Crippen LogP contribution in [0.3, 0.4) is 0 Å². The van der Waals surface area contributed by atoms with Gasteiger partial charge in [0.25, 0.3) is 5.91 Å². The number of carbonyl (C=O) groups excluding carboxylic acids is 2. The van der Waals surface area contributed by atoms with Gasteiger partial charge in [0.15, 0.2) is 6.61 Å². The number of amides is 1. The molecule has 0 atom stereocenters. The summed E-state index contributed by atoms with van der Waals surface area (Å²) in [6, 6.07) is 4.49. The number of hydrogen-bond acceptors (Lipinski definition) is 4. The predicted octanol–water partition coefficient (Wildman–Crippen LogP) is 4.31. The lowest BCUT2D eigenvalue weighted by Crippen LogP contribution is -2.20. The minimum atomic E-state index is -4.51. The lowest BCUT2D eigenvalue weighted by Gasteiger charge is -2.14. The Bertz CT molecular complexity index is 888. The fourth-order valence-corrected chi connectivity index (χ4v) is 2.68. The van der Waals surface area contributed by atoms with E-state index in [-0.39, 0.29) is 29.3 Å². The smallest absolute Gasteiger partial charge is 0.422 e. The van der Waals surface area contributed by atoms with Crippen molar-refractivity contribution in [1.29, 1.82) is 0 Å². The Kier molecular flexibility index (Phi) is 6.37. The monoisotopic (exact) mass is 398 g/mol. The van der Waals surface area contributed by atoms with Crippen LogP contribution < -0.4 is 10.1 Å². The Labute approximate surface area is 160 Å². The summed E-state index contributed by atoms with van der Waals surface area (Å²) in [5.41, 5.74) is 1.97. The summed E-state index contributed by atoms with van der Waals surface area (Å²) in [5, 5.41) is 2.53. The van der Waals surface area contributed by atoms with E-state index in [0.29, 0.717) is 16.8 Å². The number of halogens is 3. The van der Waals surface area contributed by atoms with Crippen molar-refractivity contribution in [3.05, 3.63) is 46.3 Å². The van der Waals surface area contributed by atoms with Gasteiger partial charge in [0, 0.05) is 5.69 Å². The van der Waals surface area contributed by atoms with Crippen molar-refractivity contribution in [3.8, 4) is 5.75 Å². The SMILES string of the molecule is CCOC(=O)c1c(C)[nH]c(C(=O)Nc2ccc(C)cc2OCC(F)(F)F)c1C. The lowest BCUT2D eigenvalue weighted by molar-refractivity contribution is -0.153. The second-order valence-corrected chi connectivity index (χ2v) is 6.20. The number of rotatable bonds is 6. The average Bonchev–Trinajstić information content (AvgIpc) is 2.89. The molecule has 0 radical (unpaired) electrons. The summed E-state index contributed by atoms with van der Waals surface area (Å²) in [5.74, 6) is -1.27. The number of aryl methyl sites for hydroxylation is 2. The van der Waals surface area contributed by atoms with Crippen molar-refractivity contribution >= 4 is 17.6 Å². The Morgan fingerprint density at radius 3 is 2.46 bits per heavy atom. The largest absolute Gasteiger partial charge is 0.482 e. The Morgan fingerprint density at radius 1 is 1.18 bits per heavy atom. The maximum absolute atomic E-state index is 12.6. The molecular formula is C19H21F3N2O4. The highest BCUT2D eigenvalue weighted by Gasteiger charge is 2.29. The van der Waals surface area contributed by atoms with Crippen molar-refractivity contribution < 1.29 is 32.2 Å². The van der Waals surface area contributed by atoms with Crippen molar-refractivity contribution in [2.75, 3.05) is 18.5 Å². The summed E-state index contributed by atoms with van der Waals surface area (Å²) in [7, 11) is 0. The van der Waals surface area contributed by atoms with Crippen LogP contribution in [0.4, 0.5) is 18.9 Å². The average molecular weight is 398 g/mol. The van der Waals surface area contributed by atoms with Gasteiger partial charge in [0.2, 0.25) is 0 Å². The number of hydrogen-bond donors (Lipinski definition) is 2. The van der Waals surface area contributed by atoms with Crippen LogP contribution in [-0.2, 0) is 4.74 Å². The van der Waals surface area contributed by atoms with E-state index >= 15 is 0 Å². The molecule has 1 heterocycles. The van der Waals surface area contributed by atoms with Crippen LogP contribution in [0.2, 0.25) is 0 Å². The zero-order valence-corrected chi connectivity index (χ0v) is 15.9. The fraction of sp³-hybridized carbons (Fsp3) is 0.368. The summed E-state index contributed by atoms with van der Waals surface area (Å²) in [6.45, 7) is 5.28. The molecule has 0 aliphatic rings. The summed E-state index contributed by atoms with van der Waals surface area (Å²) >= 11 is 0. The number of anilines is 1. The van der Waals surface area contributed by atoms with Gasteiger partial charge < -0.3 is 19.8 Å². The minimum Gasteiger partial charge on any atom is -0.482 e. The van der Waals surface area contributed by atoms with Crippen molar-refractivity contribution in [3.63, 3.8) is 0 Å². The van der Waals surface area contributed by atoms with Crippen LogP contribution in [0.25, 0.3) is 0 Å². The normalized spacial score (nSPS) is 11.2. The first-order valence-corrected chi connectivity index (χ1v) is 8.51. The molecule has 0 saturated heterocycles. The lowest BCUT2D eigenvalue weighted by atomic mass is 10.1. The number of ether oxygens (including phenoxy) is 2. The van der Waals surface area contributed by atoms with Gasteiger partial charge in [0.05, 0.1) is 17.9 Å². The predicted molar refractivity (Wildman–Crippen MR) is 96.9 cm³/mol. The molecule has 2 aromatic rings. The highest BCUT2D eigenvalue weighted by atomic mass is 19.4. The van der Waals surface area contributed by atoms with E-state index in [9.17, 15) is 22.8 Å². The molecule has 0 saturated carbocycles. The number of nitrogens with one attached hydrogen (secondary N) is 2. The molecule has 1 aromatic carbocycles. The number of carbonyl (C=O) groups is 2. The highest BCUT2D eigenvalue weighted by molar-refractivity contribution is 6.07. The molecule has 0 fully saturated rings. The van der Waals surface area contributed by atoms with Crippen LogP contribution in [0.5, 0.6) is 5.75 Å². The second-order valence-electron chi connectivity index (χ2n) is 6.20. The van der Waals surface area contributed by atoms with E-state index in [4.69, 9.17) is 9.47 Å². The zero-order valence-electron chi connectivity index (χ0n) is 15.9. The number of esters is 1. The molecule has 1 aromatic heterocycles. The molecule has 28 heavy (non-hydrogen) atoms. The van der Waals surface area contributed by atoms with E-state index in [1.165, 1.54) is 12.1 Å². The molecule has 0 spiro atoms. The van der Waals surface area contributed by atoms with Crippen LogP contribution in [0, 0.1) is 20.8 Å². The first-order valence-electron chi connectivity index (χ1n) is 8.51. The van der Waals surface area contributed by atoms with Gasteiger partial charge in [0.1, 0.15) is 11.4 Å². The van der Waals surface area contributed by atoms with Crippen molar-refractivity contribution in [1.82, 2.24) is 4.98 Å². The van der Waals surface area contributed by atoms with Gasteiger partial charge in [-0.15, -0.1) is 0 Å². The second kappa shape index (κ2) is 8.37. The summed E-state index contributed by atoms with van der Waals surface area (Å²) in [6.07, 6.45) is -4.51. The fourth-order valence-electron chi connectivity index (χ4n) is 2.68. The first kappa shape index (κ1) is 21.3. The molecule has 6 nitrogen and oxygen atoms in total. The molecular weight excluding hydrogens is 377 g/mol. The van der Waals surface area contributed by atoms with E-state index in [2.05, 4.69) is 10.3 Å². The minimum absolute atomic E-state index is 0.0872. The maximum Gasteiger partial charge on any atom is 0.422 e. The van der Waals surface area contributed by atoms with E-state index in [1.54, 1.807) is 33.8 Å². The molecule has 1 amide bonds. The van der Waals surface area contributed by atoms with Gasteiger partial charge in [-0.3, -0.25) is 4.79 Å². The van der Waals surface area contributed by atoms with E-state index < -0.39 is 24.7 Å². The van der Waals surface area contributed by atoms with Gasteiger partial charge >= 0.3 is 12.1 Å². The molecule has 2 rings (SSSR count). The Balaban J connectivity index is 2.28. The quantitative estimate of drug-likeness (QED) is 0.711. The molecule has 0 aliphatic carbocycles. The van der Waals surface area contributed by atoms with E-state index in [0.717, 1.165) is 0 Å². The standard InChI is InChI=1S/C19H21F3N2O4/c1-5-27-18(26)15-11(3)16(23-12(15)4)17(25)24-13-7-6-10(2)8-14(13)28-9-19(20,21)22/h6-8,23H,5,9H2,1-4H3,(H,24,25). The maximum atomic E-state index is 12.6.